The molecule has 6 heteroatoms. The van der Waals surface area contributed by atoms with Crippen LogP contribution >= 0.6 is 0 Å². The number of anilines is 1. The van der Waals surface area contributed by atoms with Crippen molar-refractivity contribution in [3.05, 3.63) is 96.2 Å². The van der Waals surface area contributed by atoms with E-state index in [1.165, 1.54) is 0 Å². The van der Waals surface area contributed by atoms with E-state index in [0.29, 0.717) is 29.4 Å². The smallest absolute Gasteiger partial charge is 0.191 e. The summed E-state index contributed by atoms with van der Waals surface area (Å²) in [5.74, 6) is -0.00347. The number of rotatable bonds is 7. The Balaban J connectivity index is 1.78. The third kappa shape index (κ3) is 4.29. The summed E-state index contributed by atoms with van der Waals surface area (Å²) in [5.41, 5.74) is 3.54. The Morgan fingerprint density at radius 2 is 1.58 bits per heavy atom. The molecule has 0 amide bonds. The SMILES string of the molecule is Bc1ccc(C2C(C(=O)c3ccc(OCC)cc3)C(=O)C(=C)N2c2ccc(OC)cc2)cc1. The minimum absolute atomic E-state index is 0.231. The lowest BCUT2D eigenvalue weighted by atomic mass is 9.85. The molecular formula is C27H26BNO4. The highest BCUT2D eigenvalue weighted by atomic mass is 16.5. The van der Waals surface area contributed by atoms with Crippen molar-refractivity contribution in [2.75, 3.05) is 18.6 Å². The molecule has 3 aromatic rings. The first kappa shape index (κ1) is 22.4. The molecule has 0 bridgehead atoms. The number of methoxy groups -OCH3 is 1. The number of hydrogen-bond acceptors (Lipinski definition) is 5. The van der Waals surface area contributed by atoms with Crippen LogP contribution in [-0.2, 0) is 4.79 Å². The quantitative estimate of drug-likeness (QED) is 0.244. The zero-order valence-corrected chi connectivity index (χ0v) is 19.1. The van der Waals surface area contributed by atoms with E-state index < -0.39 is 12.0 Å². The van der Waals surface area contributed by atoms with Gasteiger partial charge in [-0.3, -0.25) is 9.59 Å². The van der Waals surface area contributed by atoms with Crippen molar-refractivity contribution in [2.45, 2.75) is 13.0 Å². The molecule has 4 rings (SSSR count). The van der Waals surface area contributed by atoms with Gasteiger partial charge in [0.05, 0.1) is 25.5 Å². The molecule has 1 aliphatic heterocycles. The number of carbonyl (C=O) groups excluding carboxylic acids is 2. The second-order valence-corrected chi connectivity index (χ2v) is 8.03. The van der Waals surface area contributed by atoms with E-state index in [0.717, 1.165) is 16.7 Å². The maximum Gasteiger partial charge on any atom is 0.191 e. The number of Topliss-reactive ketones (excluding diaryl/α,β-unsaturated/α-hetero) is 2. The molecule has 0 N–H and O–H groups in total. The first-order valence-electron chi connectivity index (χ1n) is 10.9. The van der Waals surface area contributed by atoms with Crippen LogP contribution in [0.15, 0.2) is 85.1 Å². The van der Waals surface area contributed by atoms with Gasteiger partial charge < -0.3 is 14.4 Å². The molecule has 0 aliphatic carbocycles. The zero-order valence-electron chi connectivity index (χ0n) is 19.1. The molecule has 0 aromatic heterocycles. The third-order valence-electron chi connectivity index (χ3n) is 5.95. The van der Waals surface area contributed by atoms with Gasteiger partial charge in [-0.1, -0.05) is 36.3 Å². The highest BCUT2D eigenvalue weighted by molar-refractivity contribution is 6.32. The highest BCUT2D eigenvalue weighted by Gasteiger charge is 2.48. The number of hydrogen-bond donors (Lipinski definition) is 0. The molecule has 2 atom stereocenters. The van der Waals surface area contributed by atoms with Crippen LogP contribution in [-0.4, -0.2) is 33.1 Å². The number of ketones is 2. The molecule has 0 saturated carbocycles. The average Bonchev–Trinajstić information content (AvgIpc) is 3.10. The number of ether oxygens (including phenoxy) is 2. The van der Waals surface area contributed by atoms with Gasteiger partial charge in [0.2, 0.25) is 0 Å². The Labute approximate surface area is 195 Å². The number of carbonyl (C=O) groups is 2. The first-order valence-corrected chi connectivity index (χ1v) is 10.9. The van der Waals surface area contributed by atoms with Crippen molar-refractivity contribution in [3.8, 4) is 11.5 Å². The molecule has 1 aliphatic rings. The summed E-state index contributed by atoms with van der Waals surface area (Å²) in [6.07, 6.45) is 0. The molecule has 1 saturated heterocycles. The largest absolute Gasteiger partial charge is 0.497 e. The Kier molecular flexibility index (Phi) is 6.36. The van der Waals surface area contributed by atoms with E-state index in [9.17, 15) is 9.59 Å². The third-order valence-corrected chi connectivity index (χ3v) is 5.95. The van der Waals surface area contributed by atoms with Gasteiger partial charge in [-0.05, 0) is 61.0 Å². The molecule has 1 heterocycles. The van der Waals surface area contributed by atoms with Gasteiger partial charge in [-0.25, -0.2) is 0 Å². The second-order valence-electron chi connectivity index (χ2n) is 8.03. The zero-order chi connectivity index (χ0) is 23.5. The van der Waals surface area contributed by atoms with Crippen molar-refractivity contribution in [3.63, 3.8) is 0 Å². The van der Waals surface area contributed by atoms with E-state index in [1.807, 2.05) is 68.2 Å². The van der Waals surface area contributed by atoms with Crippen LogP contribution in [0.1, 0.15) is 28.9 Å². The topological polar surface area (TPSA) is 55.8 Å². The predicted octanol–water partition coefficient (Wildman–Crippen LogP) is 3.50. The van der Waals surface area contributed by atoms with Gasteiger partial charge in [0.25, 0.3) is 0 Å². The number of nitrogens with zero attached hydrogens (tertiary/aromatic N) is 1. The Morgan fingerprint density at radius 3 is 2.15 bits per heavy atom. The van der Waals surface area contributed by atoms with Crippen molar-refractivity contribution >= 4 is 30.6 Å². The van der Waals surface area contributed by atoms with Crippen molar-refractivity contribution in [1.82, 2.24) is 0 Å². The fraction of sp³-hybridized carbons (Fsp3) is 0.185. The predicted molar refractivity (Wildman–Crippen MR) is 132 cm³/mol. The van der Waals surface area contributed by atoms with E-state index in [-0.39, 0.29) is 11.6 Å². The summed E-state index contributed by atoms with van der Waals surface area (Å²) in [6.45, 7) is 6.51. The van der Waals surface area contributed by atoms with Crippen molar-refractivity contribution in [2.24, 2.45) is 5.92 Å². The van der Waals surface area contributed by atoms with Gasteiger partial charge in [0, 0.05) is 11.3 Å². The van der Waals surface area contributed by atoms with E-state index in [2.05, 4.69) is 6.58 Å². The molecule has 2 unspecified atom stereocenters. The molecule has 5 nitrogen and oxygen atoms in total. The van der Waals surface area contributed by atoms with Crippen molar-refractivity contribution in [1.29, 1.82) is 0 Å². The summed E-state index contributed by atoms with van der Waals surface area (Å²) in [6, 6.07) is 21.8. The van der Waals surface area contributed by atoms with Gasteiger partial charge in [0.1, 0.15) is 25.3 Å². The highest BCUT2D eigenvalue weighted by Crippen LogP contribution is 2.45. The standard InChI is InChI=1S/C27H26BNO4/c1-4-33-23-13-7-19(8-14-23)27(31)24-25(18-5-9-20(28)10-6-18)29(17(2)26(24)30)21-11-15-22(32-3)16-12-21/h5-16,24-25H,2,4,28H2,1,3H3. The molecule has 3 aromatic carbocycles. The van der Waals surface area contributed by atoms with Gasteiger partial charge in [-0.15, -0.1) is 0 Å². The summed E-state index contributed by atoms with van der Waals surface area (Å²) in [5, 5.41) is 0. The second kappa shape index (κ2) is 9.37. The van der Waals surface area contributed by atoms with Crippen LogP contribution in [0.3, 0.4) is 0 Å². The Hall–Kier alpha value is -3.80. The van der Waals surface area contributed by atoms with E-state index in [4.69, 9.17) is 9.47 Å². The maximum atomic E-state index is 13.7. The van der Waals surface area contributed by atoms with Crippen LogP contribution in [0, 0.1) is 5.92 Å². The van der Waals surface area contributed by atoms with Gasteiger partial charge >= 0.3 is 0 Å². The molecule has 166 valence electrons. The molecule has 33 heavy (non-hydrogen) atoms. The first-order chi connectivity index (χ1) is 15.9. The van der Waals surface area contributed by atoms with Crippen LogP contribution in [0.4, 0.5) is 5.69 Å². The lowest BCUT2D eigenvalue weighted by Gasteiger charge is -2.29. The van der Waals surface area contributed by atoms with Crippen LogP contribution in [0.5, 0.6) is 11.5 Å². The lowest BCUT2D eigenvalue weighted by molar-refractivity contribution is -0.116. The van der Waals surface area contributed by atoms with E-state index >= 15 is 0 Å². The van der Waals surface area contributed by atoms with Gasteiger partial charge in [-0.2, -0.15) is 0 Å². The molecule has 0 radical (unpaired) electrons. The summed E-state index contributed by atoms with van der Waals surface area (Å²) < 4.78 is 10.8. The summed E-state index contributed by atoms with van der Waals surface area (Å²) >= 11 is 0. The van der Waals surface area contributed by atoms with Crippen LogP contribution < -0.4 is 19.8 Å². The Bertz CT molecular complexity index is 1170. The number of benzene rings is 3. The minimum Gasteiger partial charge on any atom is -0.497 e. The maximum absolute atomic E-state index is 13.7. The minimum atomic E-state index is -0.903. The monoisotopic (exact) mass is 439 g/mol. The fourth-order valence-electron chi connectivity index (χ4n) is 4.25. The van der Waals surface area contributed by atoms with Crippen LogP contribution in [0.2, 0.25) is 0 Å². The lowest BCUT2D eigenvalue weighted by Crippen LogP contribution is -2.29. The fourth-order valence-corrected chi connectivity index (χ4v) is 4.25. The molecule has 0 spiro atoms. The van der Waals surface area contributed by atoms with Gasteiger partial charge in [0.15, 0.2) is 11.6 Å². The van der Waals surface area contributed by atoms with E-state index in [1.54, 1.807) is 31.4 Å². The molecule has 1 fully saturated rings. The van der Waals surface area contributed by atoms with Crippen molar-refractivity contribution < 1.29 is 19.1 Å². The summed E-state index contributed by atoms with van der Waals surface area (Å²) in [4.78, 5) is 29.0. The van der Waals surface area contributed by atoms with Crippen LogP contribution in [0.25, 0.3) is 0 Å². The molecular weight excluding hydrogens is 413 g/mol. The normalized spacial score (nSPS) is 17.8. The summed E-state index contributed by atoms with van der Waals surface area (Å²) in [7, 11) is 3.61. The number of allylic oxidation sites excluding steroid dienone is 1. The average molecular weight is 439 g/mol. The Morgan fingerprint density at radius 1 is 0.970 bits per heavy atom.